The van der Waals surface area contributed by atoms with E-state index in [-0.39, 0.29) is 18.3 Å². The second kappa shape index (κ2) is 9.05. The summed E-state index contributed by atoms with van der Waals surface area (Å²) in [4.78, 5) is 26.0. The summed E-state index contributed by atoms with van der Waals surface area (Å²) in [7, 11) is 1.35. The number of methoxy groups -OCH3 is 1. The van der Waals surface area contributed by atoms with Crippen molar-refractivity contribution in [2.24, 2.45) is 0 Å². The second-order valence-electron chi connectivity index (χ2n) is 6.64. The predicted octanol–water partition coefficient (Wildman–Crippen LogP) is 3.09. The Morgan fingerprint density at radius 1 is 1.21 bits per heavy atom. The third-order valence-corrected chi connectivity index (χ3v) is 4.78. The maximum Gasteiger partial charge on any atom is 0.307 e. The zero-order valence-electron chi connectivity index (χ0n) is 15.8. The summed E-state index contributed by atoms with van der Waals surface area (Å²) >= 11 is 0. The number of hydrogen-bond acceptors (Lipinski definition) is 5. The van der Waals surface area contributed by atoms with Crippen LogP contribution in [0.5, 0.6) is 5.75 Å². The van der Waals surface area contributed by atoms with E-state index in [1.807, 2.05) is 24.3 Å². The standard InChI is InChI=1S/C22H22N2O4/c1-27-21(25)10-12-24-11-2-3-18-8-9-19(13-20(18)22(24)26)28-15-17-6-4-16(14-23)5-7-17/h4-9,13H,2-3,10-12,15H2,1H3. The number of ether oxygens (including phenoxy) is 2. The maximum atomic E-state index is 12.9. The molecule has 0 unspecified atom stereocenters. The van der Waals surface area contributed by atoms with Crippen molar-refractivity contribution in [2.75, 3.05) is 20.2 Å². The first kappa shape index (κ1) is 19.4. The van der Waals surface area contributed by atoms with Crippen molar-refractivity contribution in [2.45, 2.75) is 25.9 Å². The Morgan fingerprint density at radius 3 is 2.71 bits per heavy atom. The minimum absolute atomic E-state index is 0.0831. The molecule has 144 valence electrons. The van der Waals surface area contributed by atoms with E-state index in [9.17, 15) is 9.59 Å². The van der Waals surface area contributed by atoms with Crippen molar-refractivity contribution in [3.05, 3.63) is 64.7 Å². The summed E-state index contributed by atoms with van der Waals surface area (Å²) in [6, 6.07) is 14.9. The molecule has 0 aromatic heterocycles. The Kier molecular flexibility index (Phi) is 6.28. The second-order valence-corrected chi connectivity index (χ2v) is 6.64. The molecule has 0 bridgehead atoms. The largest absolute Gasteiger partial charge is 0.489 e. The van der Waals surface area contributed by atoms with E-state index in [2.05, 4.69) is 10.8 Å². The number of aryl methyl sites for hydroxylation is 1. The van der Waals surface area contributed by atoms with Crippen LogP contribution in [0.25, 0.3) is 0 Å². The summed E-state index contributed by atoms with van der Waals surface area (Å²) in [6.45, 7) is 1.32. The number of carbonyl (C=O) groups excluding carboxylic acids is 2. The topological polar surface area (TPSA) is 79.6 Å². The van der Waals surface area contributed by atoms with E-state index in [0.29, 0.717) is 36.6 Å². The lowest BCUT2D eigenvalue weighted by molar-refractivity contribution is -0.140. The molecule has 3 rings (SSSR count). The SMILES string of the molecule is COC(=O)CCN1CCCc2ccc(OCc3ccc(C#N)cc3)cc2C1=O. The minimum atomic E-state index is -0.322. The summed E-state index contributed by atoms with van der Waals surface area (Å²) in [5, 5.41) is 8.86. The van der Waals surface area contributed by atoms with Crippen LogP contribution >= 0.6 is 0 Å². The van der Waals surface area contributed by atoms with Gasteiger partial charge in [-0.3, -0.25) is 9.59 Å². The van der Waals surface area contributed by atoms with Crippen LogP contribution in [0.15, 0.2) is 42.5 Å². The quantitative estimate of drug-likeness (QED) is 0.722. The molecule has 1 heterocycles. The fourth-order valence-corrected chi connectivity index (χ4v) is 3.18. The van der Waals surface area contributed by atoms with E-state index < -0.39 is 0 Å². The van der Waals surface area contributed by atoms with Gasteiger partial charge in [0.15, 0.2) is 0 Å². The number of amides is 1. The van der Waals surface area contributed by atoms with Crippen LogP contribution < -0.4 is 4.74 Å². The summed E-state index contributed by atoms with van der Waals surface area (Å²) < 4.78 is 10.5. The minimum Gasteiger partial charge on any atom is -0.489 e. The predicted molar refractivity (Wildman–Crippen MR) is 103 cm³/mol. The molecule has 0 aliphatic carbocycles. The molecule has 2 aromatic carbocycles. The van der Waals surface area contributed by atoms with Gasteiger partial charge in [0, 0.05) is 18.7 Å². The van der Waals surface area contributed by atoms with Gasteiger partial charge in [0.2, 0.25) is 0 Å². The Morgan fingerprint density at radius 2 is 2.00 bits per heavy atom. The molecule has 0 fully saturated rings. The smallest absolute Gasteiger partial charge is 0.307 e. The van der Waals surface area contributed by atoms with Gasteiger partial charge in [-0.05, 0) is 48.2 Å². The average Bonchev–Trinajstić information content (AvgIpc) is 2.89. The third kappa shape index (κ3) is 4.68. The first-order valence-electron chi connectivity index (χ1n) is 9.21. The molecule has 0 radical (unpaired) electrons. The number of fused-ring (bicyclic) bond motifs is 1. The number of hydrogen-bond donors (Lipinski definition) is 0. The van der Waals surface area contributed by atoms with Crippen LogP contribution in [0.1, 0.15) is 39.9 Å². The fraction of sp³-hybridized carbons (Fsp3) is 0.318. The molecule has 28 heavy (non-hydrogen) atoms. The number of nitriles is 1. The Labute approximate surface area is 164 Å². The molecule has 6 heteroatoms. The maximum absolute atomic E-state index is 12.9. The van der Waals surface area contributed by atoms with E-state index in [0.717, 1.165) is 24.0 Å². The Hall–Kier alpha value is -3.33. The van der Waals surface area contributed by atoms with Crippen LogP contribution in [0.3, 0.4) is 0 Å². The van der Waals surface area contributed by atoms with Crippen LogP contribution in [-0.4, -0.2) is 37.0 Å². The van der Waals surface area contributed by atoms with Gasteiger partial charge in [0.05, 0.1) is 25.2 Å². The van der Waals surface area contributed by atoms with Crippen molar-refractivity contribution >= 4 is 11.9 Å². The average molecular weight is 378 g/mol. The van der Waals surface area contributed by atoms with Gasteiger partial charge in [-0.25, -0.2) is 0 Å². The first-order valence-corrected chi connectivity index (χ1v) is 9.21. The highest BCUT2D eigenvalue weighted by atomic mass is 16.5. The van der Waals surface area contributed by atoms with E-state index >= 15 is 0 Å². The molecule has 1 aliphatic heterocycles. The van der Waals surface area contributed by atoms with Crippen molar-refractivity contribution in [1.29, 1.82) is 5.26 Å². The van der Waals surface area contributed by atoms with Gasteiger partial charge in [-0.2, -0.15) is 5.26 Å². The van der Waals surface area contributed by atoms with Crippen LogP contribution in [0.4, 0.5) is 0 Å². The zero-order chi connectivity index (χ0) is 19.9. The first-order chi connectivity index (χ1) is 13.6. The molecule has 0 atom stereocenters. The van der Waals surface area contributed by atoms with Gasteiger partial charge in [-0.15, -0.1) is 0 Å². The highest BCUT2D eigenvalue weighted by Crippen LogP contribution is 2.24. The third-order valence-electron chi connectivity index (χ3n) is 4.78. The monoisotopic (exact) mass is 378 g/mol. The summed E-state index contributed by atoms with van der Waals surface area (Å²) in [6.07, 6.45) is 1.85. The van der Waals surface area contributed by atoms with Crippen LogP contribution in [0, 0.1) is 11.3 Å². The molecule has 6 nitrogen and oxygen atoms in total. The highest BCUT2D eigenvalue weighted by Gasteiger charge is 2.23. The molecule has 0 saturated heterocycles. The number of rotatable bonds is 6. The molecule has 1 aliphatic rings. The molecular formula is C22H22N2O4. The lowest BCUT2D eigenvalue weighted by Crippen LogP contribution is -2.33. The number of benzene rings is 2. The normalized spacial score (nSPS) is 13.3. The van der Waals surface area contributed by atoms with Crippen molar-refractivity contribution < 1.29 is 19.1 Å². The number of esters is 1. The van der Waals surface area contributed by atoms with E-state index in [4.69, 9.17) is 10.00 Å². The van der Waals surface area contributed by atoms with E-state index in [1.54, 1.807) is 23.1 Å². The molecule has 0 N–H and O–H groups in total. The van der Waals surface area contributed by atoms with Crippen LogP contribution in [-0.2, 0) is 22.6 Å². The molecular weight excluding hydrogens is 356 g/mol. The van der Waals surface area contributed by atoms with Gasteiger partial charge < -0.3 is 14.4 Å². The molecule has 2 aromatic rings. The Bertz CT molecular complexity index is 900. The lowest BCUT2D eigenvalue weighted by Gasteiger charge is -2.20. The van der Waals surface area contributed by atoms with Gasteiger partial charge in [-0.1, -0.05) is 18.2 Å². The summed E-state index contributed by atoms with van der Waals surface area (Å²) in [5.74, 6) is 0.211. The number of carbonyl (C=O) groups is 2. The summed E-state index contributed by atoms with van der Waals surface area (Å²) in [5.41, 5.74) is 3.17. The van der Waals surface area contributed by atoms with Crippen molar-refractivity contribution in [3.63, 3.8) is 0 Å². The van der Waals surface area contributed by atoms with E-state index in [1.165, 1.54) is 7.11 Å². The van der Waals surface area contributed by atoms with Crippen molar-refractivity contribution in [1.82, 2.24) is 4.90 Å². The zero-order valence-corrected chi connectivity index (χ0v) is 15.8. The Balaban J connectivity index is 1.70. The van der Waals surface area contributed by atoms with Crippen LogP contribution in [0.2, 0.25) is 0 Å². The molecule has 1 amide bonds. The lowest BCUT2D eigenvalue weighted by atomic mass is 10.0. The molecule has 0 saturated carbocycles. The van der Waals surface area contributed by atoms with Gasteiger partial charge >= 0.3 is 5.97 Å². The van der Waals surface area contributed by atoms with Gasteiger partial charge in [0.1, 0.15) is 12.4 Å². The number of nitrogens with zero attached hydrogens (tertiary/aromatic N) is 2. The molecule has 0 spiro atoms. The highest BCUT2D eigenvalue weighted by molar-refractivity contribution is 5.96. The van der Waals surface area contributed by atoms with Crippen molar-refractivity contribution in [3.8, 4) is 11.8 Å². The van der Waals surface area contributed by atoms with Gasteiger partial charge in [0.25, 0.3) is 5.91 Å². The fourth-order valence-electron chi connectivity index (χ4n) is 3.18.